The van der Waals surface area contributed by atoms with Gasteiger partial charge in [0.05, 0.1) is 15.7 Å². The number of carbonyl (C=O) groups is 2. The van der Waals surface area contributed by atoms with Crippen LogP contribution in [0.25, 0.3) is 0 Å². The van der Waals surface area contributed by atoms with E-state index in [1.165, 1.54) is 4.90 Å². The van der Waals surface area contributed by atoms with E-state index in [0.29, 0.717) is 23.8 Å². The molecule has 0 radical (unpaired) electrons. The van der Waals surface area contributed by atoms with E-state index in [2.05, 4.69) is 5.32 Å². The van der Waals surface area contributed by atoms with Gasteiger partial charge in [0.2, 0.25) is 0 Å². The molecule has 0 unspecified atom stereocenters. The number of piperazine rings is 1. The Morgan fingerprint density at radius 1 is 1.25 bits per heavy atom. The van der Waals surface area contributed by atoms with Crippen molar-refractivity contribution in [2.24, 2.45) is 0 Å². The lowest BCUT2D eigenvalue weighted by Gasteiger charge is -2.27. The summed E-state index contributed by atoms with van der Waals surface area (Å²) in [6.07, 6.45) is 0. The fraction of sp³-hybridized carbons (Fsp3) is 0.200. The molecule has 6 heteroatoms. The molecule has 1 aliphatic rings. The molecule has 2 amide bonds. The minimum absolute atomic E-state index is 0.284. The van der Waals surface area contributed by atoms with Crippen molar-refractivity contribution in [3.05, 3.63) is 28.2 Å². The fourth-order valence-electron chi connectivity index (χ4n) is 1.51. The summed E-state index contributed by atoms with van der Waals surface area (Å²) in [6.45, 7) is 0.804. The first-order valence-corrected chi connectivity index (χ1v) is 5.40. The summed E-state index contributed by atoms with van der Waals surface area (Å²) in [5.74, 6) is -1.24. The third-order valence-corrected chi connectivity index (χ3v) is 3.09. The van der Waals surface area contributed by atoms with Gasteiger partial charge < -0.3 is 10.2 Å². The monoisotopic (exact) mass is 258 g/mol. The highest BCUT2D eigenvalue weighted by molar-refractivity contribution is 6.46. The molecule has 0 saturated carbocycles. The Bertz CT molecular complexity index is 462. The molecule has 1 fully saturated rings. The summed E-state index contributed by atoms with van der Waals surface area (Å²) in [5, 5.41) is 3.10. The van der Waals surface area contributed by atoms with Gasteiger partial charge in [-0.15, -0.1) is 0 Å². The molecule has 1 aliphatic heterocycles. The van der Waals surface area contributed by atoms with E-state index in [0.717, 1.165) is 0 Å². The van der Waals surface area contributed by atoms with Gasteiger partial charge in [0.15, 0.2) is 0 Å². The van der Waals surface area contributed by atoms with Crippen LogP contribution >= 0.6 is 23.2 Å². The predicted octanol–water partition coefficient (Wildman–Crippen LogP) is 1.46. The van der Waals surface area contributed by atoms with Crippen LogP contribution in [0.5, 0.6) is 0 Å². The molecule has 0 aliphatic carbocycles. The van der Waals surface area contributed by atoms with Gasteiger partial charge in [-0.3, -0.25) is 9.59 Å². The zero-order valence-corrected chi connectivity index (χ0v) is 9.68. The van der Waals surface area contributed by atoms with Crippen molar-refractivity contribution in [2.45, 2.75) is 0 Å². The highest BCUT2D eigenvalue weighted by atomic mass is 35.5. The number of nitrogens with one attached hydrogen (secondary N) is 1. The van der Waals surface area contributed by atoms with Gasteiger partial charge in [-0.25, -0.2) is 0 Å². The lowest BCUT2D eigenvalue weighted by atomic mass is 10.2. The third-order valence-electron chi connectivity index (χ3n) is 2.28. The zero-order valence-electron chi connectivity index (χ0n) is 8.17. The van der Waals surface area contributed by atoms with E-state index in [1.807, 2.05) is 0 Å². The average Bonchev–Trinajstić information content (AvgIpc) is 2.27. The van der Waals surface area contributed by atoms with Gasteiger partial charge in [-0.1, -0.05) is 29.3 Å². The zero-order chi connectivity index (χ0) is 11.7. The van der Waals surface area contributed by atoms with Crippen molar-refractivity contribution in [3.8, 4) is 0 Å². The maximum atomic E-state index is 11.6. The number of amides is 2. The van der Waals surface area contributed by atoms with Crippen LogP contribution in [0.1, 0.15) is 0 Å². The topological polar surface area (TPSA) is 49.4 Å². The number of hydrogen-bond donors (Lipinski definition) is 1. The highest BCUT2D eigenvalue weighted by Gasteiger charge is 2.28. The van der Waals surface area contributed by atoms with Crippen LogP contribution in [0.4, 0.5) is 5.69 Å². The Labute approximate surface area is 102 Å². The molecule has 16 heavy (non-hydrogen) atoms. The van der Waals surface area contributed by atoms with Crippen LogP contribution in [0.3, 0.4) is 0 Å². The maximum Gasteiger partial charge on any atom is 0.316 e. The fourth-order valence-corrected chi connectivity index (χ4v) is 1.91. The number of rotatable bonds is 1. The Hall–Kier alpha value is -1.26. The second kappa shape index (κ2) is 4.31. The van der Waals surface area contributed by atoms with Crippen LogP contribution in [0, 0.1) is 0 Å². The van der Waals surface area contributed by atoms with Gasteiger partial charge >= 0.3 is 11.8 Å². The number of halogens is 2. The van der Waals surface area contributed by atoms with E-state index >= 15 is 0 Å². The van der Waals surface area contributed by atoms with E-state index < -0.39 is 11.8 Å². The molecule has 84 valence electrons. The molecule has 4 nitrogen and oxygen atoms in total. The third kappa shape index (κ3) is 1.86. The van der Waals surface area contributed by atoms with E-state index in [1.54, 1.807) is 18.2 Å². The average molecular weight is 259 g/mol. The van der Waals surface area contributed by atoms with Crippen LogP contribution in [-0.2, 0) is 9.59 Å². The molecule has 0 aromatic heterocycles. The van der Waals surface area contributed by atoms with E-state index in [9.17, 15) is 9.59 Å². The van der Waals surface area contributed by atoms with Crippen molar-refractivity contribution in [1.29, 1.82) is 0 Å². The summed E-state index contributed by atoms with van der Waals surface area (Å²) >= 11 is 11.8. The van der Waals surface area contributed by atoms with Gasteiger partial charge in [-0.05, 0) is 12.1 Å². The number of anilines is 1. The standard InChI is InChI=1S/C10H8Cl2N2O2/c11-6-2-1-3-7(8(6)12)14-5-4-13-9(15)10(14)16/h1-3H,4-5H2,(H,13,15). The first kappa shape index (κ1) is 11.2. The van der Waals surface area contributed by atoms with Crippen molar-refractivity contribution in [3.63, 3.8) is 0 Å². The SMILES string of the molecule is O=C1NCCN(c2cccc(Cl)c2Cl)C1=O. The predicted molar refractivity (Wildman–Crippen MR) is 61.8 cm³/mol. The molecule has 1 heterocycles. The minimum atomic E-state index is -0.623. The van der Waals surface area contributed by atoms with Gasteiger partial charge in [0, 0.05) is 13.1 Å². The smallest absolute Gasteiger partial charge is 0.316 e. The van der Waals surface area contributed by atoms with E-state index in [-0.39, 0.29) is 5.02 Å². The van der Waals surface area contributed by atoms with Gasteiger partial charge in [-0.2, -0.15) is 0 Å². The second-order valence-electron chi connectivity index (χ2n) is 3.29. The van der Waals surface area contributed by atoms with Crippen molar-refractivity contribution >= 4 is 40.7 Å². The quantitative estimate of drug-likeness (QED) is 0.776. The molecule has 0 spiro atoms. The highest BCUT2D eigenvalue weighted by Crippen LogP contribution is 2.32. The number of carbonyl (C=O) groups excluding carboxylic acids is 2. The maximum absolute atomic E-state index is 11.6. The molecular formula is C10H8Cl2N2O2. The normalized spacial score (nSPS) is 16.2. The van der Waals surface area contributed by atoms with Crippen molar-refractivity contribution in [2.75, 3.05) is 18.0 Å². The summed E-state index contributed by atoms with van der Waals surface area (Å²) in [4.78, 5) is 24.1. The molecule has 0 atom stereocenters. The molecule has 1 N–H and O–H groups in total. The number of nitrogens with zero attached hydrogens (tertiary/aromatic N) is 1. The summed E-state index contributed by atoms with van der Waals surface area (Å²) < 4.78 is 0. The molecular weight excluding hydrogens is 251 g/mol. The Morgan fingerprint density at radius 3 is 2.75 bits per heavy atom. The van der Waals surface area contributed by atoms with Crippen LogP contribution in [0.15, 0.2) is 18.2 Å². The van der Waals surface area contributed by atoms with Crippen LogP contribution < -0.4 is 10.2 Å². The van der Waals surface area contributed by atoms with Gasteiger partial charge in [0.1, 0.15) is 0 Å². The molecule has 1 saturated heterocycles. The number of hydrogen-bond acceptors (Lipinski definition) is 2. The lowest BCUT2D eigenvalue weighted by molar-refractivity contribution is -0.138. The minimum Gasteiger partial charge on any atom is -0.346 e. The summed E-state index contributed by atoms with van der Waals surface area (Å²) in [6, 6.07) is 4.97. The van der Waals surface area contributed by atoms with Crippen LogP contribution in [0.2, 0.25) is 10.0 Å². The summed E-state index contributed by atoms with van der Waals surface area (Å²) in [7, 11) is 0. The molecule has 1 aromatic carbocycles. The van der Waals surface area contributed by atoms with Crippen molar-refractivity contribution < 1.29 is 9.59 Å². The van der Waals surface area contributed by atoms with Crippen LogP contribution in [-0.4, -0.2) is 24.9 Å². The van der Waals surface area contributed by atoms with Gasteiger partial charge in [0.25, 0.3) is 0 Å². The van der Waals surface area contributed by atoms with E-state index in [4.69, 9.17) is 23.2 Å². The number of benzene rings is 1. The Balaban J connectivity index is 2.40. The molecule has 0 bridgehead atoms. The first-order chi connectivity index (χ1) is 7.61. The Kier molecular flexibility index (Phi) is 3.03. The Morgan fingerprint density at radius 2 is 2.00 bits per heavy atom. The molecule has 1 aromatic rings. The largest absolute Gasteiger partial charge is 0.346 e. The lowest BCUT2D eigenvalue weighted by Crippen LogP contribution is -2.52. The van der Waals surface area contributed by atoms with Crippen molar-refractivity contribution in [1.82, 2.24) is 5.32 Å². The molecule has 2 rings (SSSR count). The first-order valence-electron chi connectivity index (χ1n) is 4.65. The summed E-state index contributed by atoms with van der Waals surface area (Å²) in [5.41, 5.74) is 0.467. The second-order valence-corrected chi connectivity index (χ2v) is 4.07.